The minimum absolute atomic E-state index is 1.13. The van der Waals surface area contributed by atoms with Gasteiger partial charge in [-0.15, -0.1) is 45.3 Å². The van der Waals surface area contributed by atoms with Crippen LogP contribution in [0.1, 0.15) is 0 Å². The molecule has 4 heterocycles. The van der Waals surface area contributed by atoms with Gasteiger partial charge in [-0.25, -0.2) is 0 Å². The molecule has 0 aliphatic rings. The fourth-order valence-electron chi connectivity index (χ4n) is 14.8. The second kappa shape index (κ2) is 26.3. The van der Waals surface area contributed by atoms with Crippen molar-refractivity contribution in [3.8, 4) is 66.8 Å². The third-order valence-electron chi connectivity index (χ3n) is 19.7. The Bertz CT molecular complexity index is 6250. The van der Waals surface area contributed by atoms with Gasteiger partial charge in [0.05, 0.1) is 31.2 Å². The lowest BCUT2D eigenvalue weighted by Gasteiger charge is -2.27. The number of benzene rings is 16. The molecule has 0 aliphatic carbocycles. The molecular formula is C96H62N2S4. The summed E-state index contributed by atoms with van der Waals surface area (Å²) in [5.41, 5.74) is 21.5. The summed E-state index contributed by atoms with van der Waals surface area (Å²) in [6.07, 6.45) is 0. The van der Waals surface area contributed by atoms with Gasteiger partial charge in [-0.2, -0.15) is 0 Å². The fourth-order valence-corrected chi connectivity index (χ4v) is 19.5. The minimum Gasteiger partial charge on any atom is -0.309 e. The molecule has 0 radical (unpaired) electrons. The smallest absolute Gasteiger partial charge is 0.0640 e. The van der Waals surface area contributed by atoms with Crippen molar-refractivity contribution < 1.29 is 0 Å². The molecule has 480 valence electrons. The van der Waals surface area contributed by atoms with Crippen molar-refractivity contribution >= 4 is 160 Å². The van der Waals surface area contributed by atoms with E-state index in [9.17, 15) is 0 Å². The van der Waals surface area contributed by atoms with Crippen LogP contribution in [0, 0.1) is 0 Å². The number of hydrogen-bond acceptors (Lipinski definition) is 6. The van der Waals surface area contributed by atoms with E-state index in [0.717, 1.165) is 17.1 Å². The first-order chi connectivity index (χ1) is 50.5. The zero-order valence-corrected chi connectivity index (χ0v) is 58.6. The Labute approximate surface area is 608 Å². The highest BCUT2D eigenvalue weighted by molar-refractivity contribution is 7.27. The summed E-state index contributed by atoms with van der Waals surface area (Å²) in [6.45, 7) is 0. The van der Waals surface area contributed by atoms with Gasteiger partial charge >= 0.3 is 0 Å². The van der Waals surface area contributed by atoms with E-state index in [1.165, 1.54) is 165 Å². The highest BCUT2D eigenvalue weighted by Crippen LogP contribution is 2.51. The number of hydrogen-bond donors (Lipinski definition) is 0. The Morgan fingerprint density at radius 2 is 0.402 bits per heavy atom. The van der Waals surface area contributed by atoms with Crippen LogP contribution in [0.5, 0.6) is 0 Å². The topological polar surface area (TPSA) is 6.48 Å². The standard InChI is InChI=1S/2C48H31NS2/c1-3-12-32(13-4-1)35-28-36(33-14-5-2-6-15-33)30-37(29-35)34-22-24-38(25-23-34)49(39-26-27-47-43(31-39)41-17-8-9-20-45(41)50-47)44-19-11-18-42-40-16-7-10-21-46(40)51-48(42)44;1-3-13-32(14-4-1)35-29-36(33-15-5-2-6-16-33)31-37(30-35)34-25-27-38(28-26-34)49(43-21-11-19-41-39-17-7-9-23-45(39)50-47(41)43)44-22-12-20-42-40-18-8-10-24-46(40)51-48(42)44/h2*1-31H. The molecule has 0 fully saturated rings. The predicted octanol–water partition coefficient (Wildman–Crippen LogP) is 29.8. The molecule has 0 saturated carbocycles. The lowest BCUT2D eigenvalue weighted by Crippen LogP contribution is -2.10. The van der Waals surface area contributed by atoms with Gasteiger partial charge in [0.25, 0.3) is 0 Å². The predicted molar refractivity (Wildman–Crippen MR) is 446 cm³/mol. The molecule has 0 aliphatic heterocycles. The van der Waals surface area contributed by atoms with Crippen molar-refractivity contribution in [2.45, 2.75) is 0 Å². The normalized spacial score (nSPS) is 11.5. The molecular weight excluding hydrogens is 1310 g/mol. The summed E-state index contributed by atoms with van der Waals surface area (Å²) in [5, 5.41) is 10.4. The summed E-state index contributed by atoms with van der Waals surface area (Å²) in [6, 6.07) is 137. The van der Waals surface area contributed by atoms with Crippen molar-refractivity contribution in [3.05, 3.63) is 376 Å². The van der Waals surface area contributed by atoms with Gasteiger partial charge < -0.3 is 9.80 Å². The van der Waals surface area contributed by atoms with Crippen LogP contribution in [0.2, 0.25) is 0 Å². The Morgan fingerprint density at radius 3 is 0.755 bits per heavy atom. The van der Waals surface area contributed by atoms with E-state index in [4.69, 9.17) is 0 Å². The maximum atomic E-state index is 2.48. The highest BCUT2D eigenvalue weighted by atomic mass is 32.1. The molecule has 4 aromatic heterocycles. The van der Waals surface area contributed by atoms with Gasteiger partial charge in [-0.3, -0.25) is 0 Å². The van der Waals surface area contributed by atoms with Crippen LogP contribution in [0.15, 0.2) is 376 Å². The van der Waals surface area contributed by atoms with Crippen LogP contribution in [0.4, 0.5) is 34.1 Å². The SMILES string of the molecule is c1ccc(-c2cc(-c3ccccc3)cc(-c3ccc(N(c4ccc5sc6ccccc6c5c4)c4cccc5c4sc4ccccc45)cc3)c2)cc1.c1ccc(-c2cc(-c3ccccc3)cc(-c3ccc(N(c4cccc5c4sc4ccccc45)c4cccc5c4sc4ccccc45)cc3)c2)cc1. The van der Waals surface area contributed by atoms with E-state index in [1.807, 2.05) is 45.3 Å². The van der Waals surface area contributed by atoms with E-state index >= 15 is 0 Å². The van der Waals surface area contributed by atoms with E-state index in [1.54, 1.807) is 0 Å². The molecule has 16 aromatic carbocycles. The fraction of sp³-hybridized carbons (Fsp3) is 0. The second-order valence-corrected chi connectivity index (χ2v) is 30.1. The van der Waals surface area contributed by atoms with Crippen LogP contribution >= 0.6 is 45.3 Å². The molecule has 20 aromatic rings. The van der Waals surface area contributed by atoms with Crippen LogP contribution in [-0.2, 0) is 0 Å². The van der Waals surface area contributed by atoms with Crippen LogP contribution < -0.4 is 9.80 Å². The summed E-state index contributed by atoms with van der Waals surface area (Å²) in [7, 11) is 0. The number of fused-ring (bicyclic) bond motifs is 12. The van der Waals surface area contributed by atoms with Crippen LogP contribution in [0.3, 0.4) is 0 Å². The van der Waals surface area contributed by atoms with Gasteiger partial charge in [-0.1, -0.05) is 255 Å². The summed E-state index contributed by atoms with van der Waals surface area (Å²) < 4.78 is 10.4. The van der Waals surface area contributed by atoms with Crippen molar-refractivity contribution in [1.82, 2.24) is 0 Å². The van der Waals surface area contributed by atoms with Gasteiger partial charge in [0.2, 0.25) is 0 Å². The number of rotatable bonds is 12. The molecule has 0 spiro atoms. The quantitative estimate of drug-likeness (QED) is 0.120. The lowest BCUT2D eigenvalue weighted by molar-refractivity contribution is 1.31. The van der Waals surface area contributed by atoms with Crippen molar-refractivity contribution in [2.24, 2.45) is 0 Å². The first-order valence-corrected chi connectivity index (χ1v) is 37.8. The molecule has 0 atom stereocenters. The number of nitrogens with zero attached hydrogens (tertiary/aromatic N) is 2. The maximum Gasteiger partial charge on any atom is 0.0640 e. The van der Waals surface area contributed by atoms with Crippen molar-refractivity contribution in [3.63, 3.8) is 0 Å². The van der Waals surface area contributed by atoms with E-state index in [2.05, 4.69) is 386 Å². The van der Waals surface area contributed by atoms with Gasteiger partial charge in [0, 0.05) is 83.7 Å². The van der Waals surface area contributed by atoms with E-state index in [0.29, 0.717) is 0 Å². The number of anilines is 6. The Balaban J connectivity index is 0.000000141. The van der Waals surface area contributed by atoms with Gasteiger partial charge in [0.1, 0.15) is 0 Å². The summed E-state index contributed by atoms with van der Waals surface area (Å²) in [4.78, 5) is 4.93. The highest BCUT2D eigenvalue weighted by Gasteiger charge is 2.24. The van der Waals surface area contributed by atoms with Crippen molar-refractivity contribution in [1.29, 1.82) is 0 Å². The average Bonchev–Trinajstić information content (AvgIpc) is 1.53. The summed E-state index contributed by atoms with van der Waals surface area (Å²) in [5.74, 6) is 0. The monoisotopic (exact) mass is 1370 g/mol. The molecule has 0 unspecified atom stereocenters. The Morgan fingerprint density at radius 1 is 0.147 bits per heavy atom. The lowest BCUT2D eigenvalue weighted by atomic mass is 9.93. The largest absolute Gasteiger partial charge is 0.309 e. The molecule has 20 rings (SSSR count). The molecule has 0 N–H and O–H groups in total. The van der Waals surface area contributed by atoms with Crippen LogP contribution in [0.25, 0.3) is 147 Å². The van der Waals surface area contributed by atoms with Crippen LogP contribution in [-0.4, -0.2) is 0 Å². The zero-order valence-electron chi connectivity index (χ0n) is 55.3. The molecule has 0 amide bonds. The maximum absolute atomic E-state index is 2.48. The zero-order chi connectivity index (χ0) is 67.5. The van der Waals surface area contributed by atoms with Gasteiger partial charge in [-0.05, 0) is 188 Å². The third kappa shape index (κ3) is 11.3. The molecule has 6 heteroatoms. The summed E-state index contributed by atoms with van der Waals surface area (Å²) >= 11 is 7.49. The first-order valence-electron chi connectivity index (χ1n) is 34.5. The van der Waals surface area contributed by atoms with Crippen molar-refractivity contribution in [2.75, 3.05) is 9.80 Å². The van der Waals surface area contributed by atoms with E-state index in [-0.39, 0.29) is 0 Å². The Hall–Kier alpha value is -12.0. The molecule has 102 heavy (non-hydrogen) atoms. The minimum atomic E-state index is 1.13. The average molecular weight is 1370 g/mol. The van der Waals surface area contributed by atoms with Gasteiger partial charge in [0.15, 0.2) is 0 Å². The molecule has 0 saturated heterocycles. The molecule has 0 bridgehead atoms. The molecule has 2 nitrogen and oxygen atoms in total. The van der Waals surface area contributed by atoms with E-state index < -0.39 is 0 Å². The third-order valence-corrected chi connectivity index (χ3v) is 24.5. The number of thiophene rings is 4. The Kier molecular flexibility index (Phi) is 15.7. The first kappa shape index (κ1) is 61.1. The second-order valence-electron chi connectivity index (χ2n) is 25.9.